The van der Waals surface area contributed by atoms with E-state index in [0.717, 1.165) is 0 Å². The van der Waals surface area contributed by atoms with Crippen LogP contribution in [0.15, 0.2) is 4.99 Å². The normalized spacial score (nSPS) is 11.1. The first-order chi connectivity index (χ1) is 9.38. The topological polar surface area (TPSA) is 174 Å². The summed E-state index contributed by atoms with van der Waals surface area (Å²) in [5.74, 6) is -1.88. The van der Waals surface area contributed by atoms with Crippen molar-refractivity contribution in [2.75, 3.05) is 24.6 Å². The number of nitrogens with zero attached hydrogens (tertiary/aromatic N) is 3. The maximum Gasteiger partial charge on any atom is 0.302 e. The fourth-order valence-corrected chi connectivity index (χ4v) is 1.35. The molecule has 0 saturated heterocycles. The van der Waals surface area contributed by atoms with Crippen LogP contribution in [-0.4, -0.2) is 41.3 Å². The van der Waals surface area contributed by atoms with Crippen molar-refractivity contribution in [2.45, 2.75) is 0 Å². The third kappa shape index (κ3) is 3.76. The second kappa shape index (κ2) is 6.63. The van der Waals surface area contributed by atoms with Crippen molar-refractivity contribution in [3.8, 4) is 0 Å². The number of anilines is 2. The minimum Gasteiger partial charge on any atom is -0.382 e. The summed E-state index contributed by atoms with van der Waals surface area (Å²) in [7, 11) is 1.56. The van der Waals surface area contributed by atoms with Crippen LogP contribution in [0.2, 0.25) is 5.15 Å². The van der Waals surface area contributed by atoms with Crippen LogP contribution in [0, 0.1) is 0 Å². The van der Waals surface area contributed by atoms with E-state index in [0.29, 0.717) is 0 Å². The first-order valence-corrected chi connectivity index (χ1v) is 5.66. The maximum absolute atomic E-state index is 11.8. The number of amides is 2. The van der Waals surface area contributed by atoms with Gasteiger partial charge in [0.25, 0.3) is 0 Å². The standard InChI is InChI=1S/C9H13ClN8O2/c1-14-7-5(10)16-4(6(12)17-7)8(20)18-9(13)15-3(19)2-11/h2,11H2,1H3,(H3,12,14,17)(H3,13,15,18,19,20). The van der Waals surface area contributed by atoms with Gasteiger partial charge in [0.2, 0.25) is 11.9 Å². The monoisotopic (exact) mass is 300 g/mol. The molecule has 0 fully saturated rings. The van der Waals surface area contributed by atoms with Gasteiger partial charge in [-0.05, 0) is 0 Å². The molecule has 1 rings (SSSR count). The SMILES string of the molecule is CNc1nc(N)c(C(=O)N=C(N)NC(=O)CN)nc1Cl. The molecule has 0 atom stereocenters. The maximum atomic E-state index is 11.8. The number of guanidine groups is 1. The summed E-state index contributed by atoms with van der Waals surface area (Å²) in [4.78, 5) is 33.7. The van der Waals surface area contributed by atoms with Gasteiger partial charge in [-0.1, -0.05) is 11.6 Å². The number of nitrogens with one attached hydrogen (secondary N) is 2. The zero-order valence-electron chi connectivity index (χ0n) is 10.5. The number of hydrogen-bond acceptors (Lipinski definition) is 7. The largest absolute Gasteiger partial charge is 0.382 e. The summed E-state index contributed by atoms with van der Waals surface area (Å²) in [6.45, 7) is -0.297. The Kier molecular flexibility index (Phi) is 5.17. The van der Waals surface area contributed by atoms with Crippen LogP contribution in [0.25, 0.3) is 0 Å². The Morgan fingerprint density at radius 2 is 2.05 bits per heavy atom. The molecule has 1 aromatic rings. The first kappa shape index (κ1) is 15.6. The highest BCUT2D eigenvalue weighted by molar-refractivity contribution is 6.32. The second-order valence-corrected chi connectivity index (χ2v) is 3.76. The third-order valence-corrected chi connectivity index (χ3v) is 2.26. The summed E-state index contributed by atoms with van der Waals surface area (Å²) < 4.78 is 0. The number of nitrogens with two attached hydrogens (primary N) is 3. The van der Waals surface area contributed by atoms with Crippen molar-refractivity contribution in [1.82, 2.24) is 15.3 Å². The highest BCUT2D eigenvalue weighted by Crippen LogP contribution is 2.20. The van der Waals surface area contributed by atoms with Crippen LogP contribution < -0.4 is 27.8 Å². The summed E-state index contributed by atoms with van der Waals surface area (Å²) in [5, 5.41) is 4.69. The van der Waals surface area contributed by atoms with Crippen LogP contribution >= 0.6 is 11.6 Å². The molecular formula is C9H13ClN8O2. The van der Waals surface area contributed by atoms with Crippen molar-refractivity contribution >= 4 is 41.0 Å². The highest BCUT2D eigenvalue weighted by atomic mass is 35.5. The van der Waals surface area contributed by atoms with Gasteiger partial charge in [0, 0.05) is 7.05 Å². The Morgan fingerprint density at radius 3 is 2.60 bits per heavy atom. The number of halogens is 1. The predicted molar refractivity (Wildman–Crippen MR) is 74.2 cm³/mol. The molecule has 108 valence electrons. The lowest BCUT2D eigenvalue weighted by Crippen LogP contribution is -2.40. The van der Waals surface area contributed by atoms with Gasteiger partial charge in [-0.2, -0.15) is 4.99 Å². The van der Waals surface area contributed by atoms with Crippen LogP contribution in [-0.2, 0) is 4.79 Å². The number of rotatable bonds is 3. The molecule has 0 radical (unpaired) electrons. The van der Waals surface area contributed by atoms with E-state index in [9.17, 15) is 9.59 Å². The Hall–Kier alpha value is -2.46. The van der Waals surface area contributed by atoms with Crippen LogP contribution in [0.5, 0.6) is 0 Å². The number of aliphatic imine (C=N–C) groups is 1. The van der Waals surface area contributed by atoms with E-state index in [2.05, 4.69) is 25.6 Å². The zero-order chi connectivity index (χ0) is 15.3. The van der Waals surface area contributed by atoms with E-state index < -0.39 is 17.8 Å². The lowest BCUT2D eigenvalue weighted by atomic mass is 10.4. The summed E-state index contributed by atoms with van der Waals surface area (Å²) >= 11 is 5.78. The average Bonchev–Trinajstić information content (AvgIpc) is 2.40. The van der Waals surface area contributed by atoms with Gasteiger partial charge < -0.3 is 22.5 Å². The Bertz CT molecular complexity index is 573. The van der Waals surface area contributed by atoms with Gasteiger partial charge >= 0.3 is 5.91 Å². The molecule has 8 N–H and O–H groups in total. The molecule has 0 aliphatic heterocycles. The lowest BCUT2D eigenvalue weighted by molar-refractivity contribution is -0.118. The van der Waals surface area contributed by atoms with Crippen molar-refractivity contribution in [3.63, 3.8) is 0 Å². The van der Waals surface area contributed by atoms with E-state index in [1.807, 2.05) is 0 Å². The fraction of sp³-hybridized carbons (Fsp3) is 0.222. The molecule has 11 heteroatoms. The number of nitrogen functional groups attached to an aromatic ring is 1. The van der Waals surface area contributed by atoms with Crippen molar-refractivity contribution in [3.05, 3.63) is 10.8 Å². The third-order valence-electron chi connectivity index (χ3n) is 1.99. The van der Waals surface area contributed by atoms with Gasteiger partial charge in [0.1, 0.15) is 0 Å². The minimum atomic E-state index is -0.894. The van der Waals surface area contributed by atoms with E-state index >= 15 is 0 Å². The molecule has 0 spiro atoms. The van der Waals surface area contributed by atoms with E-state index in [-0.39, 0.29) is 29.0 Å². The second-order valence-electron chi connectivity index (χ2n) is 3.40. The predicted octanol–water partition coefficient (Wildman–Crippen LogP) is -1.72. The molecule has 0 unspecified atom stereocenters. The summed E-state index contributed by atoms with van der Waals surface area (Å²) in [6.07, 6.45) is 0. The summed E-state index contributed by atoms with van der Waals surface area (Å²) in [5.41, 5.74) is 15.7. The van der Waals surface area contributed by atoms with Gasteiger partial charge in [0.15, 0.2) is 22.5 Å². The quantitative estimate of drug-likeness (QED) is 0.323. The van der Waals surface area contributed by atoms with Crippen LogP contribution in [0.1, 0.15) is 10.5 Å². The number of aromatic nitrogens is 2. The number of carbonyl (C=O) groups is 2. The molecule has 1 heterocycles. The fourth-order valence-electron chi connectivity index (χ4n) is 1.13. The van der Waals surface area contributed by atoms with Gasteiger partial charge in [-0.15, -0.1) is 0 Å². The van der Waals surface area contributed by atoms with Gasteiger partial charge in [-0.3, -0.25) is 14.9 Å². The molecule has 0 bridgehead atoms. The highest BCUT2D eigenvalue weighted by Gasteiger charge is 2.16. The number of hydrogen-bond donors (Lipinski definition) is 5. The molecule has 0 aromatic carbocycles. The number of carbonyl (C=O) groups excluding carboxylic acids is 2. The van der Waals surface area contributed by atoms with Gasteiger partial charge in [-0.25, -0.2) is 9.97 Å². The molecule has 0 saturated carbocycles. The van der Waals surface area contributed by atoms with E-state index in [1.165, 1.54) is 0 Å². The molecular weight excluding hydrogens is 288 g/mol. The molecule has 20 heavy (non-hydrogen) atoms. The molecule has 1 aromatic heterocycles. The van der Waals surface area contributed by atoms with Gasteiger partial charge in [0.05, 0.1) is 6.54 Å². The smallest absolute Gasteiger partial charge is 0.302 e. The Balaban J connectivity index is 3.01. The first-order valence-electron chi connectivity index (χ1n) is 5.28. The van der Waals surface area contributed by atoms with Crippen molar-refractivity contribution in [2.24, 2.45) is 16.5 Å². The van der Waals surface area contributed by atoms with Crippen molar-refractivity contribution < 1.29 is 9.59 Å². The molecule has 10 nitrogen and oxygen atoms in total. The van der Waals surface area contributed by atoms with E-state index in [1.54, 1.807) is 7.05 Å². The van der Waals surface area contributed by atoms with Crippen LogP contribution in [0.3, 0.4) is 0 Å². The lowest BCUT2D eigenvalue weighted by Gasteiger charge is -2.06. The molecule has 0 aliphatic rings. The Labute approximate surface area is 118 Å². The molecule has 0 aliphatic carbocycles. The average molecular weight is 301 g/mol. The Morgan fingerprint density at radius 1 is 1.40 bits per heavy atom. The molecule has 2 amide bonds. The van der Waals surface area contributed by atoms with Crippen molar-refractivity contribution in [1.29, 1.82) is 0 Å². The van der Waals surface area contributed by atoms with Crippen LogP contribution in [0.4, 0.5) is 11.6 Å². The van der Waals surface area contributed by atoms with E-state index in [4.69, 9.17) is 28.8 Å². The zero-order valence-corrected chi connectivity index (χ0v) is 11.2. The minimum absolute atomic E-state index is 0.0511. The summed E-state index contributed by atoms with van der Waals surface area (Å²) in [6, 6.07) is 0.